The fourth-order valence-corrected chi connectivity index (χ4v) is 5.73. The summed E-state index contributed by atoms with van der Waals surface area (Å²) in [4.78, 5) is 40.2. The van der Waals surface area contributed by atoms with Crippen LogP contribution in [-0.2, 0) is 27.2 Å². The standard InChI is InChI=1S/C24H25N3O7/c1-27(2)18-13-9-11-8-12-10(4-3-7-25)5-6-14(28)16(12)19(29)15(11)21(31)24(13,34)22(32)17(20(18)30)23(26)33/h5-6,11,13,18,28-29,32,34H,3-4,8-9H2,1-2H3,(H2,26,33). The molecule has 1 aromatic carbocycles. The van der Waals surface area contributed by atoms with E-state index in [1.54, 1.807) is 20.2 Å². The molecular weight excluding hydrogens is 442 g/mol. The second-order valence-corrected chi connectivity index (χ2v) is 9.22. The number of aliphatic hydroxyl groups excluding tert-OH is 2. The molecule has 3 aliphatic rings. The number of phenols is 1. The summed E-state index contributed by atoms with van der Waals surface area (Å²) in [6.45, 7) is 0. The number of benzene rings is 1. The molecular formula is C24H25N3O7. The van der Waals surface area contributed by atoms with Crippen molar-refractivity contribution in [2.24, 2.45) is 17.6 Å². The summed E-state index contributed by atoms with van der Waals surface area (Å²) in [5, 5.41) is 52.9. The Hall–Kier alpha value is -3.68. The Labute approximate surface area is 195 Å². The summed E-state index contributed by atoms with van der Waals surface area (Å²) in [6.07, 6.45) is 0.829. The van der Waals surface area contributed by atoms with E-state index >= 15 is 0 Å². The van der Waals surface area contributed by atoms with E-state index in [0.717, 1.165) is 5.56 Å². The molecule has 6 N–H and O–H groups in total. The number of rotatable bonds is 4. The van der Waals surface area contributed by atoms with E-state index in [-0.39, 0.29) is 36.1 Å². The van der Waals surface area contributed by atoms with Gasteiger partial charge in [0.25, 0.3) is 5.91 Å². The van der Waals surface area contributed by atoms with Gasteiger partial charge in [0, 0.05) is 17.9 Å². The van der Waals surface area contributed by atoms with Gasteiger partial charge in [0.05, 0.1) is 17.7 Å². The Morgan fingerprint density at radius 3 is 2.53 bits per heavy atom. The Balaban J connectivity index is 1.95. The summed E-state index contributed by atoms with van der Waals surface area (Å²) >= 11 is 0. The molecule has 178 valence electrons. The van der Waals surface area contributed by atoms with Gasteiger partial charge in [-0.3, -0.25) is 19.3 Å². The average Bonchev–Trinajstić information content (AvgIpc) is 2.75. The summed E-state index contributed by atoms with van der Waals surface area (Å²) in [5.74, 6) is -6.79. The third-order valence-electron chi connectivity index (χ3n) is 7.21. The third-order valence-corrected chi connectivity index (χ3v) is 7.21. The molecule has 4 rings (SSSR count). The number of nitriles is 1. The number of nitrogens with two attached hydrogens (primary N) is 1. The van der Waals surface area contributed by atoms with Crippen molar-refractivity contribution in [1.29, 1.82) is 5.26 Å². The first-order valence-electron chi connectivity index (χ1n) is 10.8. The van der Waals surface area contributed by atoms with E-state index in [9.17, 15) is 34.8 Å². The molecule has 0 radical (unpaired) electrons. The Bertz CT molecular complexity index is 1240. The highest BCUT2D eigenvalue weighted by Crippen LogP contribution is 2.52. The number of aryl methyl sites for hydroxylation is 1. The first-order chi connectivity index (χ1) is 16.0. The number of fused-ring (bicyclic) bond motifs is 3. The largest absolute Gasteiger partial charge is 0.508 e. The van der Waals surface area contributed by atoms with Crippen LogP contribution in [-0.4, -0.2) is 68.5 Å². The fraction of sp³-hybridized carbons (Fsp3) is 0.417. The number of carbonyl (C=O) groups is 3. The highest BCUT2D eigenvalue weighted by molar-refractivity contribution is 6.24. The van der Waals surface area contributed by atoms with Gasteiger partial charge in [-0.25, -0.2) is 0 Å². The van der Waals surface area contributed by atoms with Crippen LogP contribution < -0.4 is 5.73 Å². The lowest BCUT2D eigenvalue weighted by atomic mass is 9.57. The van der Waals surface area contributed by atoms with E-state index in [1.807, 2.05) is 0 Å². The number of aliphatic hydroxyl groups is 3. The van der Waals surface area contributed by atoms with Crippen molar-refractivity contribution in [2.75, 3.05) is 14.1 Å². The predicted molar refractivity (Wildman–Crippen MR) is 118 cm³/mol. The van der Waals surface area contributed by atoms with Gasteiger partial charge < -0.3 is 26.2 Å². The maximum Gasteiger partial charge on any atom is 0.255 e. The highest BCUT2D eigenvalue weighted by Gasteiger charge is 2.64. The van der Waals surface area contributed by atoms with Crippen molar-refractivity contribution in [2.45, 2.75) is 37.3 Å². The number of Topliss-reactive ketones (excluding diaryl/α,β-unsaturated/α-hetero) is 2. The van der Waals surface area contributed by atoms with E-state index in [2.05, 4.69) is 6.07 Å². The van der Waals surface area contributed by atoms with Crippen molar-refractivity contribution in [3.05, 3.63) is 45.7 Å². The lowest BCUT2D eigenvalue weighted by molar-refractivity contribution is -0.153. The van der Waals surface area contributed by atoms with Crippen molar-refractivity contribution < 1.29 is 34.8 Å². The van der Waals surface area contributed by atoms with E-state index < -0.39 is 58.0 Å². The average molecular weight is 467 g/mol. The highest BCUT2D eigenvalue weighted by atomic mass is 16.3. The maximum absolute atomic E-state index is 13.7. The van der Waals surface area contributed by atoms with Crippen molar-refractivity contribution >= 4 is 23.2 Å². The molecule has 0 heterocycles. The van der Waals surface area contributed by atoms with Gasteiger partial charge in [-0.15, -0.1) is 0 Å². The van der Waals surface area contributed by atoms with Crippen LogP contribution in [0.3, 0.4) is 0 Å². The molecule has 0 aromatic heterocycles. The Morgan fingerprint density at radius 1 is 1.26 bits per heavy atom. The van der Waals surface area contributed by atoms with Crippen LogP contribution in [0.4, 0.5) is 0 Å². The molecule has 1 saturated carbocycles. The normalized spacial score (nSPS) is 28.4. The molecule has 1 amide bonds. The van der Waals surface area contributed by atoms with Gasteiger partial charge in [-0.1, -0.05) is 6.07 Å². The topological polar surface area (TPSA) is 185 Å². The van der Waals surface area contributed by atoms with Gasteiger partial charge >= 0.3 is 0 Å². The van der Waals surface area contributed by atoms with Gasteiger partial charge in [0.2, 0.25) is 5.78 Å². The number of amides is 1. The molecule has 10 nitrogen and oxygen atoms in total. The van der Waals surface area contributed by atoms with Crippen LogP contribution in [0.1, 0.15) is 29.5 Å². The number of likely N-dealkylation sites (N-methyl/N-ethyl adjacent to an activating group) is 1. The van der Waals surface area contributed by atoms with E-state index in [1.165, 1.54) is 11.0 Å². The molecule has 0 bridgehead atoms. The second-order valence-electron chi connectivity index (χ2n) is 9.22. The molecule has 1 fully saturated rings. The molecule has 10 heteroatoms. The van der Waals surface area contributed by atoms with Gasteiger partial charge in [0.1, 0.15) is 22.8 Å². The van der Waals surface area contributed by atoms with Crippen molar-refractivity contribution in [1.82, 2.24) is 4.90 Å². The van der Waals surface area contributed by atoms with Gasteiger partial charge in [-0.05, 0) is 56.5 Å². The monoisotopic (exact) mass is 467 g/mol. The zero-order chi connectivity index (χ0) is 25.1. The maximum atomic E-state index is 13.7. The number of nitrogens with zero attached hydrogens (tertiary/aromatic N) is 2. The zero-order valence-corrected chi connectivity index (χ0v) is 18.7. The number of carbonyl (C=O) groups excluding carboxylic acids is 3. The number of hydrogen-bond acceptors (Lipinski definition) is 9. The van der Waals surface area contributed by atoms with E-state index in [0.29, 0.717) is 12.0 Å². The smallest absolute Gasteiger partial charge is 0.255 e. The number of hydrogen-bond donors (Lipinski definition) is 5. The van der Waals surface area contributed by atoms with Crippen LogP contribution in [0.15, 0.2) is 29.0 Å². The molecule has 4 unspecified atom stereocenters. The summed E-state index contributed by atoms with van der Waals surface area (Å²) < 4.78 is 0. The number of aromatic hydroxyl groups is 1. The predicted octanol–water partition coefficient (Wildman–Crippen LogP) is 0.420. The van der Waals surface area contributed by atoms with Crippen LogP contribution in [0, 0.1) is 23.2 Å². The summed E-state index contributed by atoms with van der Waals surface area (Å²) in [7, 11) is 3.09. The minimum absolute atomic E-state index is 0.0269. The molecule has 0 aliphatic heterocycles. The van der Waals surface area contributed by atoms with Gasteiger partial charge in [0.15, 0.2) is 11.4 Å². The van der Waals surface area contributed by atoms with E-state index in [4.69, 9.17) is 11.0 Å². The van der Waals surface area contributed by atoms with Crippen molar-refractivity contribution in [3.63, 3.8) is 0 Å². The lowest BCUT2D eigenvalue weighted by Crippen LogP contribution is -2.65. The van der Waals surface area contributed by atoms with Crippen molar-refractivity contribution in [3.8, 4) is 11.8 Å². The van der Waals surface area contributed by atoms with Crippen LogP contribution in [0.5, 0.6) is 5.75 Å². The Morgan fingerprint density at radius 2 is 1.94 bits per heavy atom. The minimum Gasteiger partial charge on any atom is -0.508 e. The van der Waals surface area contributed by atoms with Crippen LogP contribution >= 0.6 is 0 Å². The minimum atomic E-state index is -2.65. The summed E-state index contributed by atoms with van der Waals surface area (Å²) in [5.41, 5.74) is 2.96. The molecule has 0 saturated heterocycles. The first kappa shape index (κ1) is 23.5. The molecule has 34 heavy (non-hydrogen) atoms. The third kappa shape index (κ3) is 3.04. The fourth-order valence-electron chi connectivity index (χ4n) is 5.73. The number of primary amides is 1. The van der Waals surface area contributed by atoms with Crippen LogP contribution in [0.25, 0.3) is 5.76 Å². The second kappa shape index (κ2) is 7.97. The molecule has 3 aliphatic carbocycles. The Kier molecular flexibility index (Phi) is 5.50. The number of phenolic OH excluding ortho intramolecular Hbond substituents is 1. The number of ketones is 2. The quantitative estimate of drug-likeness (QED) is 0.391. The van der Waals surface area contributed by atoms with Gasteiger partial charge in [-0.2, -0.15) is 5.26 Å². The molecule has 0 spiro atoms. The first-order valence-corrected chi connectivity index (χ1v) is 10.8. The molecule has 1 aromatic rings. The summed E-state index contributed by atoms with van der Waals surface area (Å²) in [6, 6.07) is 3.95. The lowest BCUT2D eigenvalue weighted by Gasteiger charge is -2.50. The zero-order valence-electron chi connectivity index (χ0n) is 18.7. The SMILES string of the molecule is CN(C)C1C(=O)C(C(N)=O)=C(O)C2(O)C(=O)C3=C(O)c4c(O)ccc(CCC#N)c4CC3CC12. The molecule has 4 atom stereocenters. The van der Waals surface area contributed by atoms with Crippen LogP contribution in [0.2, 0.25) is 0 Å².